The van der Waals surface area contributed by atoms with Gasteiger partial charge in [0.1, 0.15) is 0 Å². The van der Waals surface area contributed by atoms with Gasteiger partial charge in [0.25, 0.3) is 0 Å². The first kappa shape index (κ1) is 11.7. The average Bonchev–Trinajstić information content (AvgIpc) is 3.14. The smallest absolute Gasteiger partial charge is 0.0992 e. The number of nitrogen functional groups attached to an aromatic ring is 1. The maximum atomic E-state index is 8.71. The highest BCUT2D eigenvalue weighted by Gasteiger charge is 2.20. The molecule has 0 aliphatic heterocycles. The van der Waals surface area contributed by atoms with Crippen molar-refractivity contribution in [1.29, 1.82) is 5.26 Å². The van der Waals surface area contributed by atoms with Crippen molar-refractivity contribution in [2.75, 3.05) is 30.8 Å². The van der Waals surface area contributed by atoms with Crippen LogP contribution in [-0.4, -0.2) is 19.8 Å². The Morgan fingerprint density at radius 3 is 2.94 bits per heavy atom. The fourth-order valence-corrected chi connectivity index (χ4v) is 1.59. The fourth-order valence-electron chi connectivity index (χ4n) is 1.59. The highest BCUT2D eigenvalue weighted by Crippen LogP contribution is 2.28. The molecule has 3 N–H and O–H groups in total. The van der Waals surface area contributed by atoms with Crippen molar-refractivity contribution < 1.29 is 4.74 Å². The molecule has 0 amide bonds. The molecule has 0 spiro atoms. The molecule has 0 unspecified atom stereocenters. The van der Waals surface area contributed by atoms with Gasteiger partial charge in [-0.05, 0) is 37.0 Å². The predicted octanol–water partition coefficient (Wildman–Crippen LogP) is 1.98. The van der Waals surface area contributed by atoms with Crippen LogP contribution in [0, 0.1) is 17.2 Å². The lowest BCUT2D eigenvalue weighted by molar-refractivity contribution is 0.134. The van der Waals surface area contributed by atoms with Crippen LogP contribution in [0.25, 0.3) is 0 Å². The molecule has 0 atom stereocenters. The molecule has 0 heterocycles. The van der Waals surface area contributed by atoms with E-state index < -0.39 is 0 Å². The van der Waals surface area contributed by atoms with Crippen LogP contribution in [0.5, 0.6) is 0 Å². The lowest BCUT2D eigenvalue weighted by atomic mass is 10.2. The SMILES string of the molecule is N#Cc1ccc(NCCOCC2CC2)c(N)c1. The molecule has 1 aliphatic rings. The van der Waals surface area contributed by atoms with Gasteiger partial charge >= 0.3 is 0 Å². The van der Waals surface area contributed by atoms with E-state index in [0.29, 0.717) is 17.9 Å². The van der Waals surface area contributed by atoms with Crippen LogP contribution < -0.4 is 11.1 Å². The Bertz CT molecular complexity index is 421. The van der Waals surface area contributed by atoms with E-state index in [0.717, 1.165) is 24.8 Å². The zero-order chi connectivity index (χ0) is 12.1. The second kappa shape index (κ2) is 5.55. The van der Waals surface area contributed by atoms with Gasteiger partial charge in [-0.15, -0.1) is 0 Å². The van der Waals surface area contributed by atoms with Gasteiger partial charge in [-0.1, -0.05) is 0 Å². The number of hydrogen-bond donors (Lipinski definition) is 2. The fraction of sp³-hybridized carbons (Fsp3) is 0.462. The van der Waals surface area contributed by atoms with E-state index in [4.69, 9.17) is 15.7 Å². The number of nitriles is 1. The van der Waals surface area contributed by atoms with Gasteiger partial charge in [-0.2, -0.15) is 5.26 Å². The van der Waals surface area contributed by atoms with E-state index in [2.05, 4.69) is 11.4 Å². The average molecular weight is 231 g/mol. The van der Waals surface area contributed by atoms with Gasteiger partial charge in [0.05, 0.1) is 29.6 Å². The lowest BCUT2D eigenvalue weighted by Gasteiger charge is -2.09. The summed E-state index contributed by atoms with van der Waals surface area (Å²) in [6.07, 6.45) is 2.63. The molecule has 0 saturated heterocycles. The number of anilines is 2. The normalized spacial score (nSPS) is 14.3. The predicted molar refractivity (Wildman–Crippen MR) is 67.6 cm³/mol. The number of nitrogens with zero attached hydrogens (tertiary/aromatic N) is 1. The van der Waals surface area contributed by atoms with Crippen LogP contribution in [0.2, 0.25) is 0 Å². The van der Waals surface area contributed by atoms with Crippen LogP contribution in [0.1, 0.15) is 18.4 Å². The van der Waals surface area contributed by atoms with Crippen molar-refractivity contribution in [2.45, 2.75) is 12.8 Å². The highest BCUT2D eigenvalue weighted by atomic mass is 16.5. The molecule has 1 aromatic rings. The van der Waals surface area contributed by atoms with Gasteiger partial charge in [0, 0.05) is 13.2 Å². The minimum atomic E-state index is 0.582. The van der Waals surface area contributed by atoms with Crippen molar-refractivity contribution in [1.82, 2.24) is 0 Å². The summed E-state index contributed by atoms with van der Waals surface area (Å²) >= 11 is 0. The molecular weight excluding hydrogens is 214 g/mol. The topological polar surface area (TPSA) is 71.1 Å². The summed E-state index contributed by atoms with van der Waals surface area (Å²) in [4.78, 5) is 0. The first-order chi connectivity index (χ1) is 8.29. The molecule has 90 valence electrons. The summed E-state index contributed by atoms with van der Waals surface area (Å²) in [5.74, 6) is 0.801. The maximum absolute atomic E-state index is 8.71. The Kier molecular flexibility index (Phi) is 3.84. The summed E-state index contributed by atoms with van der Waals surface area (Å²) in [5.41, 5.74) is 7.86. The van der Waals surface area contributed by atoms with E-state index in [9.17, 15) is 0 Å². The molecule has 4 nitrogen and oxygen atoms in total. The zero-order valence-electron chi connectivity index (χ0n) is 9.78. The van der Waals surface area contributed by atoms with Crippen LogP contribution in [0.4, 0.5) is 11.4 Å². The first-order valence-electron chi connectivity index (χ1n) is 5.91. The third-order valence-electron chi connectivity index (χ3n) is 2.79. The Balaban J connectivity index is 1.72. The van der Waals surface area contributed by atoms with E-state index in [1.807, 2.05) is 6.07 Å². The molecular formula is C13H17N3O. The summed E-state index contributed by atoms with van der Waals surface area (Å²) in [6.45, 7) is 2.31. The van der Waals surface area contributed by atoms with E-state index >= 15 is 0 Å². The largest absolute Gasteiger partial charge is 0.397 e. The van der Waals surface area contributed by atoms with Crippen LogP contribution >= 0.6 is 0 Å². The minimum Gasteiger partial charge on any atom is -0.397 e. The zero-order valence-corrected chi connectivity index (χ0v) is 9.78. The van der Waals surface area contributed by atoms with Gasteiger partial charge in [-0.3, -0.25) is 0 Å². The maximum Gasteiger partial charge on any atom is 0.0992 e. The van der Waals surface area contributed by atoms with Crippen molar-refractivity contribution >= 4 is 11.4 Å². The number of ether oxygens (including phenoxy) is 1. The molecule has 1 aromatic carbocycles. The summed E-state index contributed by atoms with van der Waals surface area (Å²) in [6, 6.07) is 7.31. The molecule has 1 saturated carbocycles. The molecule has 17 heavy (non-hydrogen) atoms. The third kappa shape index (κ3) is 3.65. The Morgan fingerprint density at radius 1 is 1.47 bits per heavy atom. The second-order valence-corrected chi connectivity index (χ2v) is 4.36. The highest BCUT2D eigenvalue weighted by molar-refractivity contribution is 5.68. The third-order valence-corrected chi connectivity index (χ3v) is 2.79. The number of nitrogens with one attached hydrogen (secondary N) is 1. The number of hydrogen-bond acceptors (Lipinski definition) is 4. The van der Waals surface area contributed by atoms with Gasteiger partial charge < -0.3 is 15.8 Å². The Hall–Kier alpha value is -1.73. The van der Waals surface area contributed by atoms with Crippen LogP contribution in [-0.2, 0) is 4.74 Å². The van der Waals surface area contributed by atoms with Crippen LogP contribution in [0.3, 0.4) is 0 Å². The summed E-state index contributed by atoms with van der Waals surface area (Å²) < 4.78 is 5.51. The number of rotatable bonds is 6. The molecule has 4 heteroatoms. The van der Waals surface area contributed by atoms with E-state index in [1.165, 1.54) is 12.8 Å². The number of nitrogens with two attached hydrogens (primary N) is 1. The monoisotopic (exact) mass is 231 g/mol. The van der Waals surface area contributed by atoms with Crippen molar-refractivity contribution in [3.05, 3.63) is 23.8 Å². The van der Waals surface area contributed by atoms with Gasteiger partial charge in [-0.25, -0.2) is 0 Å². The van der Waals surface area contributed by atoms with Crippen molar-refractivity contribution in [3.63, 3.8) is 0 Å². The minimum absolute atomic E-state index is 0.582. The summed E-state index contributed by atoms with van der Waals surface area (Å²) in [5, 5.41) is 11.9. The second-order valence-electron chi connectivity index (χ2n) is 4.36. The van der Waals surface area contributed by atoms with Crippen LogP contribution in [0.15, 0.2) is 18.2 Å². The molecule has 0 bridgehead atoms. The Labute approximate surface area is 101 Å². The first-order valence-corrected chi connectivity index (χ1v) is 5.91. The van der Waals surface area contributed by atoms with E-state index in [-0.39, 0.29) is 0 Å². The van der Waals surface area contributed by atoms with E-state index in [1.54, 1.807) is 12.1 Å². The van der Waals surface area contributed by atoms with Gasteiger partial charge in [0.15, 0.2) is 0 Å². The standard InChI is InChI=1S/C13H17N3O/c14-8-11-3-4-13(12(15)7-11)16-5-6-17-9-10-1-2-10/h3-4,7,10,16H,1-2,5-6,9,15H2. The molecule has 1 fully saturated rings. The Morgan fingerprint density at radius 2 is 2.29 bits per heavy atom. The number of benzene rings is 1. The lowest BCUT2D eigenvalue weighted by Crippen LogP contribution is -2.11. The van der Waals surface area contributed by atoms with Crippen molar-refractivity contribution in [3.8, 4) is 6.07 Å². The quantitative estimate of drug-likeness (QED) is 0.580. The van der Waals surface area contributed by atoms with Crippen molar-refractivity contribution in [2.24, 2.45) is 5.92 Å². The summed E-state index contributed by atoms with van der Waals surface area (Å²) in [7, 11) is 0. The van der Waals surface area contributed by atoms with Gasteiger partial charge in [0.2, 0.25) is 0 Å². The molecule has 1 aliphatic carbocycles. The molecule has 0 aromatic heterocycles. The molecule has 0 radical (unpaired) electrons. The molecule has 2 rings (SSSR count).